The van der Waals surface area contributed by atoms with Gasteiger partial charge in [-0.15, -0.1) is 0 Å². The van der Waals surface area contributed by atoms with Gasteiger partial charge in [0.2, 0.25) is 0 Å². The van der Waals surface area contributed by atoms with Gasteiger partial charge >= 0.3 is 0 Å². The molecule has 0 bridgehead atoms. The predicted octanol–water partition coefficient (Wildman–Crippen LogP) is 6.74. The molecular formula is C34H28NOPS. The Balaban J connectivity index is 1.47. The van der Waals surface area contributed by atoms with Crippen LogP contribution < -0.4 is 15.9 Å². The van der Waals surface area contributed by atoms with Crippen LogP contribution in [-0.4, -0.2) is 12.5 Å². The normalized spacial score (nSPS) is 15.2. The number of ether oxygens (including phenoxy) is 1. The minimum atomic E-state index is -2.32. The molecule has 1 aliphatic rings. The molecule has 0 aromatic heterocycles. The third kappa shape index (κ3) is 4.65. The third-order valence-electron chi connectivity index (χ3n) is 7.06. The molecule has 0 radical (unpaired) electrons. The van der Waals surface area contributed by atoms with E-state index in [1.807, 2.05) is 12.1 Å². The molecule has 0 saturated carbocycles. The van der Waals surface area contributed by atoms with Gasteiger partial charge in [-0.25, -0.2) is 4.99 Å². The summed E-state index contributed by atoms with van der Waals surface area (Å²) < 4.78 is 6.40. The van der Waals surface area contributed by atoms with Crippen molar-refractivity contribution in [3.8, 4) is 0 Å². The van der Waals surface area contributed by atoms with Crippen molar-refractivity contribution < 1.29 is 4.74 Å². The SMILES string of the molecule is S=P(c1ccccc1)(c1ccccc1)c1ccccc1[C@@H]1COC(C(c2ccccc2)c2ccccc2)=N1. The lowest BCUT2D eigenvalue weighted by Gasteiger charge is -2.27. The van der Waals surface area contributed by atoms with Crippen LogP contribution in [0.15, 0.2) is 151 Å². The molecule has 6 rings (SSSR count). The number of rotatable bonds is 7. The molecule has 186 valence electrons. The molecular weight excluding hydrogens is 501 g/mol. The van der Waals surface area contributed by atoms with E-state index in [1.165, 1.54) is 27.0 Å². The van der Waals surface area contributed by atoms with E-state index in [0.717, 1.165) is 11.5 Å². The molecule has 1 heterocycles. The maximum atomic E-state index is 6.68. The minimum Gasteiger partial charge on any atom is -0.478 e. The molecule has 0 fully saturated rings. The third-order valence-corrected chi connectivity index (χ3v) is 12.1. The predicted molar refractivity (Wildman–Crippen MR) is 163 cm³/mol. The summed E-state index contributed by atoms with van der Waals surface area (Å²) in [5.41, 5.74) is 3.49. The fourth-order valence-corrected chi connectivity index (χ4v) is 9.39. The van der Waals surface area contributed by atoms with Crippen molar-refractivity contribution in [3.05, 3.63) is 162 Å². The fourth-order valence-electron chi connectivity index (χ4n) is 5.24. The first-order valence-electron chi connectivity index (χ1n) is 12.9. The molecule has 0 amide bonds. The quantitative estimate of drug-likeness (QED) is 0.218. The molecule has 4 heteroatoms. The van der Waals surface area contributed by atoms with Gasteiger partial charge in [0, 0.05) is 6.04 Å². The van der Waals surface area contributed by atoms with Gasteiger partial charge in [0.25, 0.3) is 0 Å². The summed E-state index contributed by atoms with van der Waals surface area (Å²) in [7, 11) is 0. The van der Waals surface area contributed by atoms with E-state index in [0.29, 0.717) is 6.61 Å². The molecule has 0 N–H and O–H groups in total. The van der Waals surface area contributed by atoms with Crippen molar-refractivity contribution in [1.82, 2.24) is 0 Å². The highest BCUT2D eigenvalue weighted by Gasteiger charge is 2.34. The highest BCUT2D eigenvalue weighted by Crippen LogP contribution is 2.45. The number of hydrogen-bond donors (Lipinski definition) is 0. The van der Waals surface area contributed by atoms with Crippen molar-refractivity contribution in [2.45, 2.75) is 12.0 Å². The lowest BCUT2D eigenvalue weighted by atomic mass is 9.91. The van der Waals surface area contributed by atoms with Crippen molar-refractivity contribution in [3.63, 3.8) is 0 Å². The Kier molecular flexibility index (Phi) is 7.05. The van der Waals surface area contributed by atoms with Crippen LogP contribution in [0, 0.1) is 0 Å². The zero-order valence-electron chi connectivity index (χ0n) is 20.9. The summed E-state index contributed by atoms with van der Waals surface area (Å²) in [4.78, 5) is 5.24. The van der Waals surface area contributed by atoms with Gasteiger partial charge in [-0.3, -0.25) is 0 Å². The van der Waals surface area contributed by atoms with Gasteiger partial charge in [-0.2, -0.15) is 0 Å². The van der Waals surface area contributed by atoms with E-state index >= 15 is 0 Å². The molecule has 5 aromatic carbocycles. The summed E-state index contributed by atoms with van der Waals surface area (Å²) >= 11 is 6.68. The Morgan fingerprint density at radius 3 is 1.58 bits per heavy atom. The number of nitrogens with zero attached hydrogens (tertiary/aromatic N) is 1. The van der Waals surface area contributed by atoms with E-state index < -0.39 is 6.04 Å². The van der Waals surface area contributed by atoms with Gasteiger partial charge in [-0.1, -0.05) is 157 Å². The summed E-state index contributed by atoms with van der Waals surface area (Å²) in [6, 6.07) is 48.2. The zero-order valence-corrected chi connectivity index (χ0v) is 22.6. The lowest BCUT2D eigenvalue weighted by Crippen LogP contribution is -2.28. The molecule has 0 unspecified atom stereocenters. The van der Waals surface area contributed by atoms with Crippen LogP contribution in [-0.2, 0) is 16.5 Å². The maximum absolute atomic E-state index is 6.68. The second-order valence-corrected chi connectivity index (χ2v) is 13.8. The fraction of sp³-hybridized carbons (Fsp3) is 0.0882. The van der Waals surface area contributed by atoms with Gasteiger partial charge in [0.05, 0.1) is 5.92 Å². The monoisotopic (exact) mass is 529 g/mol. The van der Waals surface area contributed by atoms with E-state index in [2.05, 4.69) is 133 Å². The smallest absolute Gasteiger partial charge is 0.196 e. The first kappa shape index (κ1) is 24.6. The minimum absolute atomic E-state index is 0.0548. The van der Waals surface area contributed by atoms with E-state index in [-0.39, 0.29) is 12.0 Å². The van der Waals surface area contributed by atoms with Crippen LogP contribution >= 0.6 is 6.04 Å². The molecule has 2 nitrogen and oxygen atoms in total. The Morgan fingerprint density at radius 2 is 1.05 bits per heavy atom. The Bertz CT molecular complexity index is 1500. The average Bonchev–Trinajstić information content (AvgIpc) is 3.48. The van der Waals surface area contributed by atoms with Crippen LogP contribution in [0.1, 0.15) is 28.7 Å². The molecule has 1 aliphatic heterocycles. The van der Waals surface area contributed by atoms with Crippen molar-refractivity contribution in [2.24, 2.45) is 4.99 Å². The molecule has 5 aromatic rings. The first-order valence-corrected chi connectivity index (χ1v) is 15.7. The number of benzene rings is 5. The van der Waals surface area contributed by atoms with Gasteiger partial charge < -0.3 is 4.74 Å². The molecule has 38 heavy (non-hydrogen) atoms. The van der Waals surface area contributed by atoms with Crippen molar-refractivity contribution in [2.75, 3.05) is 6.61 Å². The Hall–Kier alpha value is -3.78. The Morgan fingerprint density at radius 1 is 0.605 bits per heavy atom. The highest BCUT2D eigenvalue weighted by atomic mass is 32.4. The van der Waals surface area contributed by atoms with Crippen molar-refractivity contribution in [1.29, 1.82) is 0 Å². The van der Waals surface area contributed by atoms with E-state index in [9.17, 15) is 0 Å². The van der Waals surface area contributed by atoms with Crippen LogP contribution in [0.25, 0.3) is 0 Å². The molecule has 1 atom stereocenters. The Labute approximate surface area is 229 Å². The summed E-state index contributed by atoms with van der Waals surface area (Å²) in [6.07, 6.45) is 0. The van der Waals surface area contributed by atoms with Gasteiger partial charge in [-0.05, 0) is 32.6 Å². The second-order valence-electron chi connectivity index (χ2n) is 9.39. The maximum Gasteiger partial charge on any atom is 0.196 e. The first-order chi connectivity index (χ1) is 18.7. The topological polar surface area (TPSA) is 21.6 Å². The van der Waals surface area contributed by atoms with Crippen LogP contribution in [0.2, 0.25) is 0 Å². The summed E-state index contributed by atoms with van der Waals surface area (Å²) in [5.74, 6) is 0.704. The number of aliphatic imine (C=N–C) groups is 1. The average molecular weight is 530 g/mol. The summed E-state index contributed by atoms with van der Waals surface area (Å²) in [6.45, 7) is 0.501. The van der Waals surface area contributed by atoms with Gasteiger partial charge in [0.1, 0.15) is 12.6 Å². The van der Waals surface area contributed by atoms with Crippen LogP contribution in [0.5, 0.6) is 0 Å². The lowest BCUT2D eigenvalue weighted by molar-refractivity contribution is 0.310. The van der Waals surface area contributed by atoms with Crippen molar-refractivity contribution >= 4 is 39.7 Å². The second kappa shape index (κ2) is 10.9. The van der Waals surface area contributed by atoms with E-state index in [4.69, 9.17) is 21.5 Å². The van der Waals surface area contributed by atoms with Crippen LogP contribution in [0.3, 0.4) is 0 Å². The summed E-state index contributed by atoms with van der Waals surface area (Å²) in [5, 5.41) is 3.55. The molecule has 0 saturated heterocycles. The molecule has 0 spiro atoms. The van der Waals surface area contributed by atoms with E-state index in [1.54, 1.807) is 0 Å². The largest absolute Gasteiger partial charge is 0.478 e. The number of hydrogen-bond acceptors (Lipinski definition) is 3. The standard InChI is InChI=1S/C34H28NOPS/c38-37(28-19-9-3-10-20-28,29-21-11-4-12-22-29)32-24-14-13-23-30(32)31-25-36-34(35-31)33(26-15-5-1-6-16-26)27-17-7-2-8-18-27/h1-24,31,33H,25H2/t31-/m0/s1. The highest BCUT2D eigenvalue weighted by molar-refractivity contribution is 8.25. The zero-order chi connectivity index (χ0) is 25.8. The van der Waals surface area contributed by atoms with Gasteiger partial charge in [0.15, 0.2) is 5.90 Å². The molecule has 0 aliphatic carbocycles. The van der Waals surface area contributed by atoms with Crippen LogP contribution in [0.4, 0.5) is 0 Å².